The number of amidine groups is 1. The van der Waals surface area contributed by atoms with Crippen LogP contribution in [0, 0.1) is 11.8 Å². The molecule has 0 N–H and O–H groups in total. The van der Waals surface area contributed by atoms with Gasteiger partial charge in [0, 0.05) is 32.3 Å². The minimum absolute atomic E-state index is 0.355. The molecule has 0 saturated heterocycles. The van der Waals surface area contributed by atoms with E-state index in [1.54, 1.807) is 0 Å². The van der Waals surface area contributed by atoms with E-state index in [1.807, 2.05) is 6.21 Å². The van der Waals surface area contributed by atoms with Gasteiger partial charge in [-0.15, -0.1) is 0 Å². The Morgan fingerprint density at radius 3 is 2.56 bits per heavy atom. The molecule has 3 atom stereocenters. The Bertz CT molecular complexity index is 348. The molecule has 2 heterocycles. The maximum atomic E-state index is 4.88. The Hall–Kier alpha value is -0.900. The first kappa shape index (κ1) is 13.5. The number of hydrogen-bond donors (Lipinski definition) is 0. The van der Waals surface area contributed by atoms with Crippen LogP contribution in [0.15, 0.2) is 9.98 Å². The summed E-state index contributed by atoms with van der Waals surface area (Å²) in [5.41, 5.74) is 0. The van der Waals surface area contributed by atoms with Gasteiger partial charge in [0.25, 0.3) is 0 Å². The van der Waals surface area contributed by atoms with Crippen LogP contribution in [0.25, 0.3) is 0 Å². The zero-order valence-corrected chi connectivity index (χ0v) is 12.3. The van der Waals surface area contributed by atoms with Crippen molar-refractivity contribution in [3.05, 3.63) is 0 Å². The predicted molar refractivity (Wildman–Crippen MR) is 77.4 cm³/mol. The molecule has 0 aromatic rings. The van der Waals surface area contributed by atoms with Crippen molar-refractivity contribution in [1.29, 1.82) is 0 Å². The van der Waals surface area contributed by atoms with Gasteiger partial charge in [-0.1, -0.05) is 20.8 Å². The summed E-state index contributed by atoms with van der Waals surface area (Å²) in [6, 6.07) is 0.451. The molecule has 0 fully saturated rings. The zero-order valence-electron chi connectivity index (χ0n) is 12.3. The van der Waals surface area contributed by atoms with Gasteiger partial charge in [-0.2, -0.15) is 0 Å². The van der Waals surface area contributed by atoms with E-state index >= 15 is 0 Å². The third kappa shape index (κ3) is 2.74. The van der Waals surface area contributed by atoms with E-state index in [9.17, 15) is 0 Å². The molecule has 0 spiro atoms. The van der Waals surface area contributed by atoms with Gasteiger partial charge in [0.05, 0.1) is 6.04 Å². The number of aliphatic imine (C=N–C) groups is 2. The Morgan fingerprint density at radius 2 is 2.06 bits per heavy atom. The molecule has 0 saturated carbocycles. The normalized spacial score (nSPS) is 30.3. The van der Waals surface area contributed by atoms with Crippen molar-refractivity contribution in [2.24, 2.45) is 21.8 Å². The summed E-state index contributed by atoms with van der Waals surface area (Å²) in [5.74, 6) is 2.36. The van der Waals surface area contributed by atoms with Gasteiger partial charge in [-0.25, -0.2) is 0 Å². The lowest BCUT2D eigenvalue weighted by atomic mass is 9.99. The minimum Gasteiger partial charge on any atom is -0.361 e. The van der Waals surface area contributed by atoms with Gasteiger partial charge in [0.1, 0.15) is 12.0 Å². The van der Waals surface area contributed by atoms with Crippen molar-refractivity contribution in [2.75, 3.05) is 27.2 Å². The van der Waals surface area contributed by atoms with Crippen LogP contribution in [-0.2, 0) is 0 Å². The Morgan fingerprint density at radius 1 is 1.33 bits per heavy atom. The smallest absolute Gasteiger partial charge is 0.104 e. The first-order valence-corrected chi connectivity index (χ1v) is 6.99. The Balaban J connectivity index is 1.93. The van der Waals surface area contributed by atoms with Crippen LogP contribution in [-0.4, -0.2) is 61.2 Å². The average molecular weight is 250 g/mol. The molecule has 4 heteroatoms. The lowest BCUT2D eigenvalue weighted by molar-refractivity contribution is 0.216. The molecule has 18 heavy (non-hydrogen) atoms. The standard InChI is InChI=1S/C14H26N4/c1-10(2)13-16-12(9-18(13)5)8-11(3)14-15-6-7-17(14)4/h6,10-12,14H,7-9H2,1-5H3. The Kier molecular flexibility index (Phi) is 4.05. The summed E-state index contributed by atoms with van der Waals surface area (Å²) >= 11 is 0. The number of likely N-dealkylation sites (N-methyl/N-ethyl adjacent to an activating group) is 1. The van der Waals surface area contributed by atoms with Gasteiger partial charge in [-0.05, 0) is 19.4 Å². The molecular weight excluding hydrogens is 224 g/mol. The second-order valence-corrected chi connectivity index (χ2v) is 6.07. The molecule has 3 unspecified atom stereocenters. The highest BCUT2D eigenvalue weighted by molar-refractivity contribution is 5.85. The summed E-state index contributed by atoms with van der Waals surface area (Å²) < 4.78 is 0. The second-order valence-electron chi connectivity index (χ2n) is 6.07. The first-order valence-electron chi connectivity index (χ1n) is 6.99. The molecule has 0 aromatic heterocycles. The molecule has 2 aliphatic rings. The van der Waals surface area contributed by atoms with E-state index in [0.29, 0.717) is 24.0 Å². The molecule has 0 bridgehead atoms. The monoisotopic (exact) mass is 250 g/mol. The van der Waals surface area contributed by atoms with E-state index in [0.717, 1.165) is 19.5 Å². The van der Waals surface area contributed by atoms with E-state index < -0.39 is 0 Å². The van der Waals surface area contributed by atoms with E-state index in [1.165, 1.54) is 5.84 Å². The van der Waals surface area contributed by atoms with E-state index in [-0.39, 0.29) is 0 Å². The highest BCUT2D eigenvalue weighted by Gasteiger charge is 2.30. The zero-order chi connectivity index (χ0) is 13.3. The number of hydrogen-bond acceptors (Lipinski definition) is 4. The molecule has 0 aliphatic carbocycles. The van der Waals surface area contributed by atoms with Crippen LogP contribution < -0.4 is 0 Å². The highest BCUT2D eigenvalue weighted by atomic mass is 15.3. The van der Waals surface area contributed by atoms with Crippen molar-refractivity contribution < 1.29 is 0 Å². The van der Waals surface area contributed by atoms with Crippen LogP contribution >= 0.6 is 0 Å². The van der Waals surface area contributed by atoms with Gasteiger partial charge in [0.15, 0.2) is 0 Å². The molecule has 2 rings (SSSR count). The fourth-order valence-corrected chi connectivity index (χ4v) is 3.09. The largest absolute Gasteiger partial charge is 0.361 e. The number of rotatable bonds is 4. The summed E-state index contributed by atoms with van der Waals surface area (Å²) in [6.45, 7) is 8.79. The molecule has 2 aliphatic heterocycles. The van der Waals surface area contributed by atoms with Gasteiger partial charge in [-0.3, -0.25) is 14.9 Å². The van der Waals surface area contributed by atoms with Crippen LogP contribution in [0.2, 0.25) is 0 Å². The molecule has 0 amide bonds. The average Bonchev–Trinajstić information content (AvgIpc) is 2.84. The summed E-state index contributed by atoms with van der Waals surface area (Å²) in [4.78, 5) is 14.1. The van der Waals surface area contributed by atoms with Crippen molar-refractivity contribution >= 4 is 12.1 Å². The molecule has 102 valence electrons. The molecule has 0 radical (unpaired) electrons. The van der Waals surface area contributed by atoms with Crippen LogP contribution in [0.3, 0.4) is 0 Å². The van der Waals surface area contributed by atoms with Crippen LogP contribution in [0.4, 0.5) is 0 Å². The quantitative estimate of drug-likeness (QED) is 0.761. The molecular formula is C14H26N4. The van der Waals surface area contributed by atoms with Crippen molar-refractivity contribution in [3.8, 4) is 0 Å². The molecule has 4 nitrogen and oxygen atoms in total. The summed E-state index contributed by atoms with van der Waals surface area (Å²) in [5, 5.41) is 0. The van der Waals surface area contributed by atoms with Crippen LogP contribution in [0.5, 0.6) is 0 Å². The lowest BCUT2D eigenvalue weighted by Crippen LogP contribution is -2.34. The third-order valence-electron chi connectivity index (χ3n) is 3.94. The molecule has 0 aromatic carbocycles. The van der Waals surface area contributed by atoms with Crippen LogP contribution in [0.1, 0.15) is 27.2 Å². The minimum atomic E-state index is 0.355. The van der Waals surface area contributed by atoms with Crippen molar-refractivity contribution in [3.63, 3.8) is 0 Å². The lowest BCUT2D eigenvalue weighted by Gasteiger charge is -2.25. The van der Waals surface area contributed by atoms with Crippen molar-refractivity contribution in [2.45, 2.75) is 39.4 Å². The van der Waals surface area contributed by atoms with Gasteiger partial charge >= 0.3 is 0 Å². The maximum absolute atomic E-state index is 4.88. The van der Waals surface area contributed by atoms with Crippen molar-refractivity contribution in [1.82, 2.24) is 9.80 Å². The summed E-state index contributed by atoms with van der Waals surface area (Å²) in [7, 11) is 4.31. The van der Waals surface area contributed by atoms with E-state index in [4.69, 9.17) is 4.99 Å². The maximum Gasteiger partial charge on any atom is 0.104 e. The number of nitrogens with zero attached hydrogens (tertiary/aromatic N) is 4. The Labute approximate surface area is 111 Å². The highest BCUT2D eigenvalue weighted by Crippen LogP contribution is 2.24. The third-order valence-corrected chi connectivity index (χ3v) is 3.94. The summed E-state index contributed by atoms with van der Waals surface area (Å²) in [6.07, 6.45) is 3.52. The van der Waals surface area contributed by atoms with Gasteiger partial charge < -0.3 is 4.90 Å². The van der Waals surface area contributed by atoms with E-state index in [2.05, 4.69) is 49.7 Å². The first-order chi connectivity index (χ1) is 8.49. The topological polar surface area (TPSA) is 31.2 Å². The second kappa shape index (κ2) is 5.39. The fourth-order valence-electron chi connectivity index (χ4n) is 3.09. The van der Waals surface area contributed by atoms with Gasteiger partial charge in [0.2, 0.25) is 0 Å². The fraction of sp³-hybridized carbons (Fsp3) is 0.857. The predicted octanol–water partition coefficient (Wildman–Crippen LogP) is 1.72. The SMILES string of the molecule is CC(C)C1=NC(CC(C)C2N=CCN2C)CN1C.